The van der Waals surface area contributed by atoms with Gasteiger partial charge in [-0.05, 0) is 36.8 Å². The molecule has 2 aliphatic heterocycles. The van der Waals surface area contributed by atoms with Crippen molar-refractivity contribution in [3.63, 3.8) is 0 Å². The molecule has 3 atom stereocenters. The molecule has 0 amide bonds. The lowest BCUT2D eigenvalue weighted by Gasteiger charge is -2.29. The van der Waals surface area contributed by atoms with Gasteiger partial charge >= 0.3 is 0 Å². The van der Waals surface area contributed by atoms with Crippen LogP contribution in [-0.2, 0) is 0 Å². The zero-order valence-corrected chi connectivity index (χ0v) is 12.5. The molecule has 3 rings (SSSR count). The van der Waals surface area contributed by atoms with Crippen molar-refractivity contribution < 1.29 is 4.74 Å². The molecule has 2 saturated heterocycles. The fraction of sp³-hybridized carbons (Fsp3) is 0.688. The van der Waals surface area contributed by atoms with Gasteiger partial charge < -0.3 is 15.0 Å². The van der Waals surface area contributed by atoms with Gasteiger partial charge in [-0.3, -0.25) is 0 Å². The van der Waals surface area contributed by atoms with Crippen LogP contribution in [-0.4, -0.2) is 37.3 Å². The maximum atomic E-state index is 5.89. The van der Waals surface area contributed by atoms with E-state index in [1.807, 2.05) is 12.3 Å². The highest BCUT2D eigenvalue weighted by Crippen LogP contribution is 2.39. The van der Waals surface area contributed by atoms with Crippen LogP contribution in [0.1, 0.15) is 26.7 Å². The van der Waals surface area contributed by atoms with Gasteiger partial charge in [0.2, 0.25) is 0 Å². The van der Waals surface area contributed by atoms with E-state index in [1.165, 1.54) is 6.42 Å². The average Bonchev–Trinajstić information content (AvgIpc) is 3.05. The van der Waals surface area contributed by atoms with Gasteiger partial charge in [-0.25, -0.2) is 4.98 Å². The normalized spacial score (nSPS) is 28.7. The summed E-state index contributed by atoms with van der Waals surface area (Å²) in [7, 11) is 0. The topological polar surface area (TPSA) is 37.4 Å². The molecule has 0 saturated carbocycles. The largest absolute Gasteiger partial charge is 0.490 e. The van der Waals surface area contributed by atoms with Crippen molar-refractivity contribution in [1.29, 1.82) is 0 Å². The van der Waals surface area contributed by atoms with Gasteiger partial charge in [-0.1, -0.05) is 13.8 Å². The van der Waals surface area contributed by atoms with Gasteiger partial charge in [0.15, 0.2) is 11.6 Å². The number of pyridine rings is 1. The molecule has 0 aromatic carbocycles. The van der Waals surface area contributed by atoms with Gasteiger partial charge in [0, 0.05) is 31.9 Å². The number of nitrogens with zero attached hydrogens (tertiary/aromatic N) is 2. The van der Waals surface area contributed by atoms with Crippen LogP contribution in [0.4, 0.5) is 5.82 Å². The van der Waals surface area contributed by atoms with E-state index in [2.05, 4.69) is 35.1 Å². The Labute approximate surface area is 121 Å². The van der Waals surface area contributed by atoms with Gasteiger partial charge in [-0.2, -0.15) is 0 Å². The molecule has 20 heavy (non-hydrogen) atoms. The van der Waals surface area contributed by atoms with Gasteiger partial charge in [0.1, 0.15) is 0 Å². The van der Waals surface area contributed by atoms with Crippen LogP contribution in [0.25, 0.3) is 0 Å². The van der Waals surface area contributed by atoms with Gasteiger partial charge in [-0.15, -0.1) is 0 Å². The first-order valence-electron chi connectivity index (χ1n) is 7.90. The van der Waals surface area contributed by atoms with Crippen molar-refractivity contribution in [1.82, 2.24) is 10.3 Å². The van der Waals surface area contributed by atoms with Crippen LogP contribution in [0.5, 0.6) is 5.75 Å². The first-order valence-corrected chi connectivity index (χ1v) is 7.90. The van der Waals surface area contributed by atoms with E-state index in [0.717, 1.165) is 56.1 Å². The van der Waals surface area contributed by atoms with Crippen molar-refractivity contribution in [2.75, 3.05) is 31.1 Å². The molecule has 1 aromatic rings. The highest BCUT2D eigenvalue weighted by molar-refractivity contribution is 5.54. The third-order valence-corrected chi connectivity index (χ3v) is 4.62. The molecule has 4 nitrogen and oxygen atoms in total. The number of anilines is 1. The molecule has 2 aliphatic rings. The second-order valence-electron chi connectivity index (χ2n) is 5.88. The fourth-order valence-electron chi connectivity index (χ4n) is 3.71. The average molecular weight is 275 g/mol. The second-order valence-corrected chi connectivity index (χ2v) is 5.88. The Hall–Kier alpha value is -1.29. The van der Waals surface area contributed by atoms with E-state index >= 15 is 0 Å². The molecular formula is C16H25N3O. The highest BCUT2D eigenvalue weighted by Gasteiger charge is 2.44. The standard InChI is InChI=1S/C16H25N3O/c1-3-8-20-15-6-5-7-18-16(15)19-11-12-9-17-10-13(12)14(19)4-2/h5-7,12-14,17H,3-4,8-11H2,1-2H3. The number of rotatable bonds is 5. The Balaban J connectivity index is 1.85. The first-order chi connectivity index (χ1) is 9.85. The van der Waals surface area contributed by atoms with Crippen molar-refractivity contribution >= 4 is 5.82 Å². The summed E-state index contributed by atoms with van der Waals surface area (Å²) in [6, 6.07) is 4.61. The summed E-state index contributed by atoms with van der Waals surface area (Å²) < 4.78 is 5.89. The lowest BCUT2D eigenvalue weighted by Crippen LogP contribution is -2.35. The minimum absolute atomic E-state index is 0.592. The molecule has 2 fully saturated rings. The highest BCUT2D eigenvalue weighted by atomic mass is 16.5. The van der Waals surface area contributed by atoms with Crippen LogP contribution < -0.4 is 15.0 Å². The molecule has 1 N–H and O–H groups in total. The Bertz CT molecular complexity index is 451. The Kier molecular flexibility index (Phi) is 4.10. The molecule has 3 unspecified atom stereocenters. The predicted octanol–water partition coefficient (Wildman–Crippen LogP) is 2.30. The first kappa shape index (κ1) is 13.7. The van der Waals surface area contributed by atoms with Crippen molar-refractivity contribution in [2.24, 2.45) is 11.8 Å². The van der Waals surface area contributed by atoms with E-state index in [-0.39, 0.29) is 0 Å². The van der Waals surface area contributed by atoms with Gasteiger partial charge in [0.25, 0.3) is 0 Å². The molecule has 0 radical (unpaired) electrons. The third kappa shape index (κ3) is 2.37. The van der Waals surface area contributed by atoms with Crippen LogP contribution in [0.15, 0.2) is 18.3 Å². The number of ether oxygens (including phenoxy) is 1. The summed E-state index contributed by atoms with van der Waals surface area (Å²) in [4.78, 5) is 7.11. The number of aromatic nitrogens is 1. The lowest BCUT2D eigenvalue weighted by atomic mass is 9.93. The second kappa shape index (κ2) is 6.00. The van der Waals surface area contributed by atoms with Crippen LogP contribution in [0.3, 0.4) is 0 Å². The fourth-order valence-corrected chi connectivity index (χ4v) is 3.71. The number of nitrogens with one attached hydrogen (secondary N) is 1. The lowest BCUT2D eigenvalue weighted by molar-refractivity contribution is 0.315. The van der Waals surface area contributed by atoms with E-state index in [0.29, 0.717) is 6.04 Å². The minimum atomic E-state index is 0.592. The van der Waals surface area contributed by atoms with Crippen molar-refractivity contribution in [3.05, 3.63) is 18.3 Å². The van der Waals surface area contributed by atoms with Crippen LogP contribution >= 0.6 is 0 Å². The Morgan fingerprint density at radius 3 is 3.10 bits per heavy atom. The quantitative estimate of drug-likeness (QED) is 0.895. The van der Waals surface area contributed by atoms with Crippen molar-refractivity contribution in [3.8, 4) is 5.75 Å². The summed E-state index contributed by atoms with van der Waals surface area (Å²) >= 11 is 0. The van der Waals surface area contributed by atoms with Crippen molar-refractivity contribution in [2.45, 2.75) is 32.7 Å². The maximum absolute atomic E-state index is 5.89. The van der Waals surface area contributed by atoms with E-state index in [1.54, 1.807) is 0 Å². The molecule has 3 heterocycles. The molecule has 0 aliphatic carbocycles. The van der Waals surface area contributed by atoms with E-state index < -0.39 is 0 Å². The molecule has 1 aromatic heterocycles. The monoisotopic (exact) mass is 275 g/mol. The zero-order chi connectivity index (χ0) is 13.9. The van der Waals surface area contributed by atoms with E-state index in [4.69, 9.17) is 4.74 Å². The maximum Gasteiger partial charge on any atom is 0.171 e. The summed E-state index contributed by atoms with van der Waals surface area (Å²) in [6.45, 7) is 8.59. The molecule has 0 spiro atoms. The number of hydrogen-bond acceptors (Lipinski definition) is 4. The van der Waals surface area contributed by atoms with E-state index in [9.17, 15) is 0 Å². The Morgan fingerprint density at radius 2 is 2.30 bits per heavy atom. The molecule has 0 bridgehead atoms. The molecular weight excluding hydrogens is 250 g/mol. The SMILES string of the molecule is CCCOc1cccnc1N1CC2CNCC2C1CC. The minimum Gasteiger partial charge on any atom is -0.490 e. The summed E-state index contributed by atoms with van der Waals surface area (Å²) in [6.07, 6.45) is 4.08. The van der Waals surface area contributed by atoms with Gasteiger partial charge in [0.05, 0.1) is 6.61 Å². The summed E-state index contributed by atoms with van der Waals surface area (Å²) in [5.41, 5.74) is 0. The Morgan fingerprint density at radius 1 is 1.40 bits per heavy atom. The van der Waals surface area contributed by atoms with Crippen LogP contribution in [0, 0.1) is 11.8 Å². The number of fused-ring (bicyclic) bond motifs is 1. The molecule has 4 heteroatoms. The zero-order valence-electron chi connectivity index (χ0n) is 12.5. The summed E-state index contributed by atoms with van der Waals surface area (Å²) in [5, 5.41) is 3.53. The third-order valence-electron chi connectivity index (χ3n) is 4.62. The summed E-state index contributed by atoms with van der Waals surface area (Å²) in [5.74, 6) is 3.52. The molecule has 110 valence electrons. The van der Waals surface area contributed by atoms with Crippen LogP contribution in [0.2, 0.25) is 0 Å². The predicted molar refractivity (Wildman–Crippen MR) is 81.3 cm³/mol. The number of hydrogen-bond donors (Lipinski definition) is 1. The smallest absolute Gasteiger partial charge is 0.171 e.